The minimum atomic E-state index is -4.39. The fourth-order valence-electron chi connectivity index (χ4n) is 0.370. The molecule has 0 aliphatic heterocycles. The van der Waals surface area contributed by atoms with E-state index in [2.05, 4.69) is 17.9 Å². The minimum absolute atomic E-state index is 0.668. The van der Waals surface area contributed by atoms with Crippen LogP contribution in [-0.2, 0) is 4.74 Å². The molecule has 58 valence electrons. The lowest BCUT2D eigenvalue weighted by atomic mass is 10.3. The molecule has 0 spiro atoms. The molecule has 0 amide bonds. The summed E-state index contributed by atoms with van der Waals surface area (Å²) in [7, 11) is 0. The number of hydrogen-bond donors (Lipinski definition) is 0. The first-order valence-corrected chi connectivity index (χ1v) is 2.48. The quantitative estimate of drug-likeness (QED) is 0.445. The molecule has 0 aliphatic carbocycles. The van der Waals surface area contributed by atoms with Crippen LogP contribution in [0.15, 0.2) is 25.5 Å². The zero-order valence-electron chi connectivity index (χ0n) is 5.19. The molecule has 0 aliphatic rings. The van der Waals surface area contributed by atoms with Crippen LogP contribution >= 0.6 is 0 Å². The number of rotatable bonds is 3. The smallest absolute Gasteiger partial charge is 0.429 e. The van der Waals surface area contributed by atoms with E-state index in [0.29, 0.717) is 6.08 Å². The predicted molar refractivity (Wildman–Crippen MR) is 31.3 cm³/mol. The summed E-state index contributed by atoms with van der Waals surface area (Å²) in [5.74, 6) is 0. The first-order chi connectivity index (χ1) is 4.52. The Balaban J connectivity index is 4.05. The zero-order chi connectivity index (χ0) is 8.20. The summed E-state index contributed by atoms with van der Waals surface area (Å²) in [6.45, 7) is 5.95. The molecule has 0 aromatic rings. The molecule has 0 heterocycles. The molecule has 0 fully saturated rings. The van der Waals surface area contributed by atoms with E-state index < -0.39 is 12.3 Å². The van der Waals surface area contributed by atoms with E-state index in [1.807, 2.05) is 0 Å². The fourth-order valence-corrected chi connectivity index (χ4v) is 0.370. The molecule has 0 aromatic carbocycles. The van der Waals surface area contributed by atoms with Crippen molar-refractivity contribution < 1.29 is 17.9 Å². The number of ether oxygens (including phenoxy) is 1. The van der Waals surface area contributed by atoms with Gasteiger partial charge in [0, 0.05) is 0 Å². The molecule has 0 rings (SSSR count). The van der Waals surface area contributed by atoms with Gasteiger partial charge in [-0.2, -0.15) is 13.2 Å². The highest BCUT2D eigenvalue weighted by Gasteiger charge is 2.38. The highest BCUT2D eigenvalue weighted by molar-refractivity contribution is 4.87. The predicted octanol–water partition coefficient (Wildman–Crippen LogP) is 2.26. The van der Waals surface area contributed by atoms with Crippen molar-refractivity contribution in [3.05, 3.63) is 25.5 Å². The van der Waals surface area contributed by atoms with Gasteiger partial charge in [0.15, 0.2) is 0 Å². The van der Waals surface area contributed by atoms with E-state index in [-0.39, 0.29) is 0 Å². The summed E-state index contributed by atoms with van der Waals surface area (Å²) in [6, 6.07) is 0. The Morgan fingerprint density at radius 1 is 1.30 bits per heavy atom. The van der Waals surface area contributed by atoms with Crippen molar-refractivity contribution >= 4 is 0 Å². The van der Waals surface area contributed by atoms with Crippen molar-refractivity contribution in [1.29, 1.82) is 0 Å². The van der Waals surface area contributed by atoms with E-state index in [4.69, 9.17) is 0 Å². The van der Waals surface area contributed by atoms with Gasteiger partial charge in [0.05, 0.1) is 6.26 Å². The van der Waals surface area contributed by atoms with Crippen LogP contribution in [0, 0.1) is 0 Å². The van der Waals surface area contributed by atoms with Crippen molar-refractivity contribution in [2.45, 2.75) is 12.3 Å². The van der Waals surface area contributed by atoms with Gasteiger partial charge in [0.25, 0.3) is 0 Å². The summed E-state index contributed by atoms with van der Waals surface area (Å²) >= 11 is 0. The lowest BCUT2D eigenvalue weighted by Gasteiger charge is -2.14. The van der Waals surface area contributed by atoms with E-state index in [1.165, 1.54) is 0 Å². The summed E-state index contributed by atoms with van der Waals surface area (Å²) in [6.07, 6.45) is -4.93. The summed E-state index contributed by atoms with van der Waals surface area (Å²) in [5.41, 5.74) is 0. The highest BCUT2D eigenvalue weighted by Crippen LogP contribution is 2.23. The van der Waals surface area contributed by atoms with Crippen LogP contribution in [0.5, 0.6) is 0 Å². The molecule has 0 saturated heterocycles. The topological polar surface area (TPSA) is 9.23 Å². The van der Waals surface area contributed by atoms with Crippen molar-refractivity contribution in [3.8, 4) is 0 Å². The molecular formula is C6H7F3O. The van der Waals surface area contributed by atoms with Gasteiger partial charge < -0.3 is 4.74 Å². The number of halogens is 3. The summed E-state index contributed by atoms with van der Waals surface area (Å²) in [4.78, 5) is 0. The van der Waals surface area contributed by atoms with Gasteiger partial charge in [0.2, 0.25) is 6.10 Å². The Kier molecular flexibility index (Phi) is 2.99. The Labute approximate surface area is 56.8 Å². The van der Waals surface area contributed by atoms with Crippen molar-refractivity contribution in [1.82, 2.24) is 0 Å². The average Bonchev–Trinajstić information content (AvgIpc) is 1.80. The lowest BCUT2D eigenvalue weighted by molar-refractivity contribution is -0.189. The SMILES string of the molecule is C=CO[C@@H](C=C)C(F)(F)F. The Morgan fingerprint density at radius 2 is 1.80 bits per heavy atom. The molecule has 0 N–H and O–H groups in total. The van der Waals surface area contributed by atoms with Crippen molar-refractivity contribution in [2.24, 2.45) is 0 Å². The van der Waals surface area contributed by atoms with Crippen LogP contribution in [0.3, 0.4) is 0 Å². The molecule has 0 radical (unpaired) electrons. The van der Waals surface area contributed by atoms with Gasteiger partial charge in [-0.05, 0) is 6.08 Å². The van der Waals surface area contributed by atoms with Gasteiger partial charge in [0.1, 0.15) is 0 Å². The van der Waals surface area contributed by atoms with Crippen LogP contribution in [0.4, 0.5) is 13.2 Å². The van der Waals surface area contributed by atoms with Gasteiger partial charge in [-0.15, -0.1) is 0 Å². The average molecular weight is 152 g/mol. The monoisotopic (exact) mass is 152 g/mol. The largest absolute Gasteiger partial charge is 0.485 e. The second kappa shape index (κ2) is 3.29. The fraction of sp³-hybridized carbons (Fsp3) is 0.333. The van der Waals surface area contributed by atoms with Gasteiger partial charge in [-0.1, -0.05) is 13.2 Å². The third-order valence-electron chi connectivity index (χ3n) is 0.780. The normalized spacial score (nSPS) is 13.9. The molecular weight excluding hydrogens is 145 g/mol. The van der Waals surface area contributed by atoms with Crippen molar-refractivity contribution in [3.63, 3.8) is 0 Å². The number of hydrogen-bond acceptors (Lipinski definition) is 1. The molecule has 0 bridgehead atoms. The first-order valence-electron chi connectivity index (χ1n) is 2.48. The van der Waals surface area contributed by atoms with Crippen LogP contribution in [0.2, 0.25) is 0 Å². The van der Waals surface area contributed by atoms with Gasteiger partial charge in [-0.3, -0.25) is 0 Å². The van der Waals surface area contributed by atoms with Crippen LogP contribution in [0.1, 0.15) is 0 Å². The summed E-state index contributed by atoms with van der Waals surface area (Å²) in [5, 5.41) is 0. The molecule has 1 nitrogen and oxygen atoms in total. The standard InChI is InChI=1S/C6H7F3O/c1-3-5(10-4-2)6(7,8)9/h3-5H,1-2H2/t5-/m0/s1. The van der Waals surface area contributed by atoms with E-state index in [0.717, 1.165) is 6.26 Å². The maximum absolute atomic E-state index is 11.7. The number of alkyl halides is 3. The Hall–Kier alpha value is -0.930. The van der Waals surface area contributed by atoms with Crippen molar-refractivity contribution in [2.75, 3.05) is 0 Å². The second-order valence-corrected chi connectivity index (χ2v) is 1.50. The van der Waals surface area contributed by atoms with Gasteiger partial charge >= 0.3 is 6.18 Å². The zero-order valence-corrected chi connectivity index (χ0v) is 5.19. The molecule has 0 saturated carbocycles. The molecule has 10 heavy (non-hydrogen) atoms. The van der Waals surface area contributed by atoms with Crippen LogP contribution in [-0.4, -0.2) is 12.3 Å². The third-order valence-corrected chi connectivity index (χ3v) is 0.780. The van der Waals surface area contributed by atoms with Crippen LogP contribution < -0.4 is 0 Å². The second-order valence-electron chi connectivity index (χ2n) is 1.50. The Bertz CT molecular complexity index is 127. The van der Waals surface area contributed by atoms with Gasteiger partial charge in [-0.25, -0.2) is 0 Å². The van der Waals surface area contributed by atoms with E-state index in [1.54, 1.807) is 0 Å². The third kappa shape index (κ3) is 2.57. The molecule has 0 unspecified atom stereocenters. The maximum Gasteiger partial charge on any atom is 0.429 e. The lowest BCUT2D eigenvalue weighted by Crippen LogP contribution is -2.27. The highest BCUT2D eigenvalue weighted by atomic mass is 19.4. The maximum atomic E-state index is 11.7. The van der Waals surface area contributed by atoms with Crippen LogP contribution in [0.25, 0.3) is 0 Å². The summed E-state index contributed by atoms with van der Waals surface area (Å²) < 4.78 is 39.1. The molecule has 1 atom stereocenters. The van der Waals surface area contributed by atoms with E-state index in [9.17, 15) is 13.2 Å². The Morgan fingerprint density at radius 3 is 1.90 bits per heavy atom. The molecule has 4 heteroatoms. The first kappa shape index (κ1) is 9.07. The van der Waals surface area contributed by atoms with E-state index >= 15 is 0 Å². The minimum Gasteiger partial charge on any atom is -0.485 e. The molecule has 0 aromatic heterocycles.